The van der Waals surface area contributed by atoms with Gasteiger partial charge in [-0.15, -0.1) is 16.8 Å². The minimum absolute atomic E-state index is 0.00586. The highest BCUT2D eigenvalue weighted by atomic mass is 35.5. The third kappa shape index (κ3) is 5.83. The summed E-state index contributed by atoms with van der Waals surface area (Å²) in [6, 6.07) is 9.79. The van der Waals surface area contributed by atoms with Crippen molar-refractivity contribution in [1.29, 1.82) is 0 Å². The smallest absolute Gasteiger partial charge is 0.237 e. The van der Waals surface area contributed by atoms with E-state index in [0.717, 1.165) is 6.07 Å². The van der Waals surface area contributed by atoms with E-state index in [1.807, 2.05) is 0 Å². The summed E-state index contributed by atoms with van der Waals surface area (Å²) in [5.41, 5.74) is 0.312. The van der Waals surface area contributed by atoms with Crippen molar-refractivity contribution in [3.8, 4) is 5.75 Å². The van der Waals surface area contributed by atoms with Gasteiger partial charge in [-0.2, -0.15) is 0 Å². The average Bonchev–Trinajstić information content (AvgIpc) is 3.11. The molecular weight excluding hydrogens is 446 g/mol. The van der Waals surface area contributed by atoms with Crippen LogP contribution in [0.25, 0.3) is 0 Å². The SMILES string of the molecule is C=CCn1c(COc2ccccc2F)nnc1SC(C)C(=O)Nc1ccc(F)cc1Cl. The molecule has 1 amide bonds. The van der Waals surface area contributed by atoms with E-state index in [2.05, 4.69) is 22.1 Å². The zero-order valence-corrected chi connectivity index (χ0v) is 18.1. The molecule has 3 rings (SSSR count). The van der Waals surface area contributed by atoms with Crippen LogP contribution < -0.4 is 10.1 Å². The molecule has 10 heteroatoms. The lowest BCUT2D eigenvalue weighted by Gasteiger charge is -2.14. The molecular formula is C21H19ClF2N4O2S. The Morgan fingerprint density at radius 2 is 2.10 bits per heavy atom. The number of halogens is 3. The number of allylic oxidation sites excluding steroid dienone is 1. The molecule has 1 heterocycles. The number of para-hydroxylation sites is 1. The summed E-state index contributed by atoms with van der Waals surface area (Å²) < 4.78 is 34.2. The third-order valence-corrected chi connectivity index (χ3v) is 5.53. The summed E-state index contributed by atoms with van der Waals surface area (Å²) >= 11 is 7.14. The highest BCUT2D eigenvalue weighted by molar-refractivity contribution is 8.00. The molecule has 1 N–H and O–H groups in total. The Morgan fingerprint density at radius 1 is 1.32 bits per heavy atom. The van der Waals surface area contributed by atoms with Crippen molar-refractivity contribution in [3.63, 3.8) is 0 Å². The van der Waals surface area contributed by atoms with Crippen LogP contribution in [0.2, 0.25) is 5.02 Å². The zero-order chi connectivity index (χ0) is 22.4. The van der Waals surface area contributed by atoms with Crippen LogP contribution >= 0.6 is 23.4 Å². The second-order valence-electron chi connectivity index (χ2n) is 6.39. The Bertz CT molecular complexity index is 1090. The molecule has 162 valence electrons. The molecule has 0 aliphatic heterocycles. The van der Waals surface area contributed by atoms with Gasteiger partial charge in [0.2, 0.25) is 5.91 Å². The van der Waals surface area contributed by atoms with Gasteiger partial charge in [0.1, 0.15) is 12.4 Å². The van der Waals surface area contributed by atoms with Gasteiger partial charge in [0.25, 0.3) is 0 Å². The van der Waals surface area contributed by atoms with Crippen LogP contribution in [0.15, 0.2) is 60.3 Å². The Kier molecular flexibility index (Phi) is 7.64. The number of carbonyl (C=O) groups is 1. The van der Waals surface area contributed by atoms with E-state index < -0.39 is 16.9 Å². The van der Waals surface area contributed by atoms with Gasteiger partial charge in [0.05, 0.1) is 16.0 Å². The molecule has 0 fully saturated rings. The van der Waals surface area contributed by atoms with E-state index in [-0.39, 0.29) is 23.3 Å². The fourth-order valence-corrected chi connectivity index (χ4v) is 3.66. The summed E-state index contributed by atoms with van der Waals surface area (Å²) in [6.07, 6.45) is 1.66. The number of hydrogen-bond donors (Lipinski definition) is 1. The fourth-order valence-electron chi connectivity index (χ4n) is 2.57. The number of anilines is 1. The molecule has 3 aromatic rings. The van der Waals surface area contributed by atoms with Gasteiger partial charge < -0.3 is 10.1 Å². The maximum atomic E-state index is 13.8. The van der Waals surface area contributed by atoms with Crippen molar-refractivity contribution in [2.45, 2.75) is 30.5 Å². The number of amides is 1. The molecule has 0 radical (unpaired) electrons. The van der Waals surface area contributed by atoms with Crippen molar-refractivity contribution in [2.24, 2.45) is 0 Å². The van der Waals surface area contributed by atoms with Crippen LogP contribution in [0.4, 0.5) is 14.5 Å². The predicted molar refractivity (Wildman–Crippen MR) is 116 cm³/mol. The Balaban J connectivity index is 1.69. The molecule has 1 unspecified atom stereocenters. The standard InChI is InChI=1S/C21H19ClF2N4O2S/c1-3-10-28-19(12-30-18-7-5-4-6-16(18)24)26-27-21(28)31-13(2)20(29)25-17-9-8-14(23)11-15(17)22/h3-9,11,13H,1,10,12H2,2H3,(H,25,29). The van der Waals surface area contributed by atoms with Crippen LogP contribution in [0.5, 0.6) is 5.75 Å². The van der Waals surface area contributed by atoms with Crippen molar-refractivity contribution >= 4 is 35.0 Å². The predicted octanol–water partition coefficient (Wildman–Crippen LogP) is 5.09. The van der Waals surface area contributed by atoms with Crippen LogP contribution in [0.3, 0.4) is 0 Å². The average molecular weight is 465 g/mol. The number of hydrogen-bond acceptors (Lipinski definition) is 5. The normalized spacial score (nSPS) is 11.7. The number of carbonyl (C=O) groups excluding carboxylic acids is 1. The summed E-state index contributed by atoms with van der Waals surface area (Å²) in [5, 5.41) is 10.9. The first kappa shape index (κ1) is 22.8. The quantitative estimate of drug-likeness (QED) is 0.352. The highest BCUT2D eigenvalue weighted by Crippen LogP contribution is 2.27. The number of nitrogens with zero attached hydrogens (tertiary/aromatic N) is 3. The second kappa shape index (κ2) is 10.4. The van der Waals surface area contributed by atoms with Crippen molar-refractivity contribution < 1.29 is 18.3 Å². The molecule has 0 saturated carbocycles. The van der Waals surface area contributed by atoms with E-state index in [4.69, 9.17) is 16.3 Å². The van der Waals surface area contributed by atoms with Crippen molar-refractivity contribution in [2.75, 3.05) is 5.32 Å². The number of ether oxygens (including phenoxy) is 1. The monoisotopic (exact) mass is 464 g/mol. The summed E-state index contributed by atoms with van der Waals surface area (Å²) in [7, 11) is 0. The molecule has 0 spiro atoms. The Morgan fingerprint density at radius 3 is 2.81 bits per heavy atom. The molecule has 6 nitrogen and oxygen atoms in total. The molecule has 0 saturated heterocycles. The van der Waals surface area contributed by atoms with Gasteiger partial charge >= 0.3 is 0 Å². The van der Waals surface area contributed by atoms with Crippen LogP contribution in [-0.4, -0.2) is 25.9 Å². The Labute approximate surface area is 187 Å². The molecule has 1 aromatic heterocycles. The van der Waals surface area contributed by atoms with Gasteiger partial charge in [-0.25, -0.2) is 8.78 Å². The largest absolute Gasteiger partial charge is 0.483 e. The number of benzene rings is 2. The summed E-state index contributed by atoms with van der Waals surface area (Å²) in [5.74, 6) is -0.742. The van der Waals surface area contributed by atoms with Gasteiger partial charge in [0, 0.05) is 6.54 Å². The Hall–Kier alpha value is -2.91. The van der Waals surface area contributed by atoms with Gasteiger partial charge in [0.15, 0.2) is 22.5 Å². The van der Waals surface area contributed by atoms with E-state index in [9.17, 15) is 13.6 Å². The highest BCUT2D eigenvalue weighted by Gasteiger charge is 2.21. The van der Waals surface area contributed by atoms with Gasteiger partial charge in [-0.3, -0.25) is 9.36 Å². The van der Waals surface area contributed by atoms with Gasteiger partial charge in [-0.05, 0) is 37.3 Å². The van der Waals surface area contributed by atoms with Crippen molar-refractivity contribution in [1.82, 2.24) is 14.8 Å². The topological polar surface area (TPSA) is 69.0 Å². The molecule has 0 bridgehead atoms. The summed E-state index contributed by atoms with van der Waals surface area (Å²) in [6.45, 7) is 5.79. The number of rotatable bonds is 9. The third-order valence-electron chi connectivity index (χ3n) is 4.14. The van der Waals surface area contributed by atoms with E-state index in [1.165, 1.54) is 36.0 Å². The molecule has 31 heavy (non-hydrogen) atoms. The fraction of sp³-hybridized carbons (Fsp3) is 0.190. The first-order chi connectivity index (χ1) is 14.9. The number of aromatic nitrogens is 3. The number of thioether (sulfide) groups is 1. The van der Waals surface area contributed by atoms with Crippen molar-refractivity contribution in [3.05, 3.63) is 77.6 Å². The maximum Gasteiger partial charge on any atom is 0.237 e. The second-order valence-corrected chi connectivity index (χ2v) is 8.11. The minimum Gasteiger partial charge on any atom is -0.483 e. The lowest BCUT2D eigenvalue weighted by Crippen LogP contribution is -2.23. The van der Waals surface area contributed by atoms with Crippen LogP contribution in [0, 0.1) is 11.6 Å². The minimum atomic E-state index is -0.561. The van der Waals surface area contributed by atoms with Crippen LogP contribution in [-0.2, 0) is 17.9 Å². The zero-order valence-electron chi connectivity index (χ0n) is 16.5. The van der Waals surface area contributed by atoms with E-state index >= 15 is 0 Å². The maximum absolute atomic E-state index is 13.8. The first-order valence-corrected chi connectivity index (χ1v) is 10.5. The molecule has 1 atom stereocenters. The molecule has 2 aromatic carbocycles. The number of nitrogens with one attached hydrogen (secondary N) is 1. The first-order valence-electron chi connectivity index (χ1n) is 9.22. The lowest BCUT2D eigenvalue weighted by atomic mass is 10.3. The van der Waals surface area contributed by atoms with E-state index in [1.54, 1.807) is 29.7 Å². The van der Waals surface area contributed by atoms with Gasteiger partial charge in [-0.1, -0.05) is 41.6 Å². The molecule has 0 aliphatic carbocycles. The lowest BCUT2D eigenvalue weighted by molar-refractivity contribution is -0.115. The summed E-state index contributed by atoms with van der Waals surface area (Å²) in [4.78, 5) is 12.5. The van der Waals surface area contributed by atoms with Crippen LogP contribution in [0.1, 0.15) is 12.7 Å². The van der Waals surface area contributed by atoms with E-state index in [0.29, 0.717) is 23.2 Å². The molecule has 0 aliphatic rings.